The molecule has 0 bridgehead atoms. The van der Waals surface area contributed by atoms with Gasteiger partial charge in [0, 0.05) is 17.5 Å². The summed E-state index contributed by atoms with van der Waals surface area (Å²) in [7, 11) is -3.81. The summed E-state index contributed by atoms with van der Waals surface area (Å²) in [5.74, 6) is -0.416. The Bertz CT molecular complexity index is 755. The Labute approximate surface area is 126 Å². The SMILES string of the molecule is NCCc1nc(C(=O)Nc2cccc(S(N)(=O)=O)c2)cs1. The number of nitrogens with zero attached hydrogens (tertiary/aromatic N) is 1. The number of benzene rings is 1. The van der Waals surface area contributed by atoms with E-state index in [0.29, 0.717) is 18.7 Å². The van der Waals surface area contributed by atoms with E-state index in [1.807, 2.05) is 0 Å². The summed E-state index contributed by atoms with van der Waals surface area (Å²) in [5.41, 5.74) is 6.03. The number of hydrogen-bond donors (Lipinski definition) is 3. The Morgan fingerprint density at radius 1 is 1.38 bits per heavy atom. The molecule has 0 aliphatic rings. The molecule has 5 N–H and O–H groups in total. The summed E-state index contributed by atoms with van der Waals surface area (Å²) >= 11 is 1.35. The van der Waals surface area contributed by atoms with Crippen LogP contribution in [0.25, 0.3) is 0 Å². The van der Waals surface area contributed by atoms with Crippen molar-refractivity contribution in [1.82, 2.24) is 4.98 Å². The predicted molar refractivity (Wildman–Crippen MR) is 80.6 cm³/mol. The minimum absolute atomic E-state index is 0.0672. The molecule has 7 nitrogen and oxygen atoms in total. The van der Waals surface area contributed by atoms with Crippen LogP contribution in [-0.4, -0.2) is 25.9 Å². The van der Waals surface area contributed by atoms with Gasteiger partial charge in [-0.2, -0.15) is 0 Å². The van der Waals surface area contributed by atoms with Gasteiger partial charge in [-0.1, -0.05) is 6.07 Å². The third-order valence-electron chi connectivity index (χ3n) is 2.56. The van der Waals surface area contributed by atoms with Crippen molar-refractivity contribution >= 4 is 33.0 Å². The fourth-order valence-electron chi connectivity index (χ4n) is 1.60. The highest BCUT2D eigenvalue weighted by Crippen LogP contribution is 2.16. The highest BCUT2D eigenvalue weighted by molar-refractivity contribution is 7.89. The van der Waals surface area contributed by atoms with Crippen molar-refractivity contribution in [3.63, 3.8) is 0 Å². The van der Waals surface area contributed by atoms with Gasteiger partial charge in [-0.05, 0) is 24.7 Å². The number of aromatic nitrogens is 1. The first-order valence-electron chi connectivity index (χ1n) is 5.99. The summed E-state index contributed by atoms with van der Waals surface area (Å²) in [6.07, 6.45) is 0.610. The second kappa shape index (κ2) is 6.31. The number of carbonyl (C=O) groups is 1. The van der Waals surface area contributed by atoms with E-state index in [9.17, 15) is 13.2 Å². The van der Waals surface area contributed by atoms with Gasteiger partial charge >= 0.3 is 0 Å². The van der Waals surface area contributed by atoms with E-state index in [1.54, 1.807) is 11.4 Å². The van der Waals surface area contributed by atoms with Crippen LogP contribution >= 0.6 is 11.3 Å². The van der Waals surface area contributed by atoms with Crippen LogP contribution in [0.15, 0.2) is 34.5 Å². The molecule has 0 saturated heterocycles. The Morgan fingerprint density at radius 3 is 2.81 bits per heavy atom. The van der Waals surface area contributed by atoms with E-state index in [1.165, 1.54) is 29.5 Å². The van der Waals surface area contributed by atoms with Crippen molar-refractivity contribution in [3.05, 3.63) is 40.3 Å². The molecule has 1 aromatic carbocycles. The summed E-state index contributed by atoms with van der Waals surface area (Å²) in [4.78, 5) is 16.1. The van der Waals surface area contributed by atoms with Gasteiger partial charge in [-0.15, -0.1) is 11.3 Å². The van der Waals surface area contributed by atoms with Crippen LogP contribution in [0.5, 0.6) is 0 Å². The van der Waals surface area contributed by atoms with Crippen LogP contribution in [0, 0.1) is 0 Å². The lowest BCUT2D eigenvalue weighted by Crippen LogP contribution is -2.15. The second-order valence-corrected chi connectivity index (χ2v) is 6.70. The molecule has 0 unspecified atom stereocenters. The maximum Gasteiger partial charge on any atom is 0.275 e. The highest BCUT2D eigenvalue weighted by atomic mass is 32.2. The van der Waals surface area contributed by atoms with Gasteiger partial charge in [0.15, 0.2) is 0 Å². The molecular formula is C12H14N4O3S2. The molecule has 1 amide bonds. The average Bonchev–Trinajstić information content (AvgIpc) is 2.87. The van der Waals surface area contributed by atoms with E-state index in [4.69, 9.17) is 10.9 Å². The second-order valence-electron chi connectivity index (χ2n) is 4.19. The van der Waals surface area contributed by atoms with Crippen LogP contribution in [0.4, 0.5) is 5.69 Å². The smallest absolute Gasteiger partial charge is 0.275 e. The summed E-state index contributed by atoms with van der Waals surface area (Å²) in [5, 5.41) is 10.0. The maximum atomic E-state index is 12.0. The van der Waals surface area contributed by atoms with E-state index >= 15 is 0 Å². The number of anilines is 1. The van der Waals surface area contributed by atoms with Gasteiger partial charge in [0.1, 0.15) is 5.69 Å². The summed E-state index contributed by atoms with van der Waals surface area (Å²) in [6, 6.07) is 5.71. The normalized spacial score (nSPS) is 11.3. The number of nitrogens with one attached hydrogen (secondary N) is 1. The molecule has 0 radical (unpaired) electrons. The van der Waals surface area contributed by atoms with Crippen molar-refractivity contribution in [2.45, 2.75) is 11.3 Å². The number of hydrogen-bond acceptors (Lipinski definition) is 6. The zero-order valence-electron chi connectivity index (χ0n) is 10.9. The van der Waals surface area contributed by atoms with Gasteiger partial charge < -0.3 is 11.1 Å². The lowest BCUT2D eigenvalue weighted by atomic mass is 10.3. The van der Waals surface area contributed by atoms with E-state index in [2.05, 4.69) is 10.3 Å². The molecule has 1 aromatic heterocycles. The number of sulfonamides is 1. The molecule has 2 aromatic rings. The molecular weight excluding hydrogens is 312 g/mol. The average molecular weight is 326 g/mol. The maximum absolute atomic E-state index is 12.0. The quantitative estimate of drug-likeness (QED) is 0.739. The standard InChI is InChI=1S/C12H14N4O3S2/c13-5-4-11-16-10(7-20-11)12(17)15-8-2-1-3-9(6-8)21(14,18)19/h1-3,6-7H,4-5,13H2,(H,15,17)(H2,14,18,19). The predicted octanol–water partition coefficient (Wildman–Crippen LogP) is 0.544. The van der Waals surface area contributed by atoms with Gasteiger partial charge in [0.25, 0.3) is 5.91 Å². The number of nitrogens with two attached hydrogens (primary N) is 2. The number of carbonyl (C=O) groups excluding carboxylic acids is 1. The molecule has 0 aliphatic carbocycles. The van der Waals surface area contributed by atoms with Crippen LogP contribution in [0.1, 0.15) is 15.5 Å². The van der Waals surface area contributed by atoms with E-state index in [-0.39, 0.29) is 10.6 Å². The third kappa shape index (κ3) is 4.08. The molecule has 2 rings (SSSR count). The molecule has 0 aliphatic heterocycles. The van der Waals surface area contributed by atoms with Gasteiger partial charge in [-0.25, -0.2) is 18.5 Å². The zero-order valence-corrected chi connectivity index (χ0v) is 12.6. The topological polar surface area (TPSA) is 128 Å². The molecule has 1 heterocycles. The lowest BCUT2D eigenvalue weighted by molar-refractivity contribution is 0.102. The highest BCUT2D eigenvalue weighted by Gasteiger charge is 2.13. The molecule has 0 atom stereocenters. The van der Waals surface area contributed by atoms with Crippen molar-refractivity contribution < 1.29 is 13.2 Å². The Kier molecular flexibility index (Phi) is 4.68. The molecule has 0 saturated carbocycles. The van der Waals surface area contributed by atoms with Crippen molar-refractivity contribution in [3.8, 4) is 0 Å². The van der Waals surface area contributed by atoms with E-state index in [0.717, 1.165) is 5.01 Å². The van der Waals surface area contributed by atoms with Gasteiger partial charge in [0.05, 0.1) is 9.90 Å². The first kappa shape index (κ1) is 15.6. The lowest BCUT2D eigenvalue weighted by Gasteiger charge is -2.05. The Hall–Kier alpha value is -1.81. The van der Waals surface area contributed by atoms with Crippen LogP contribution < -0.4 is 16.2 Å². The van der Waals surface area contributed by atoms with Crippen LogP contribution in [-0.2, 0) is 16.4 Å². The molecule has 21 heavy (non-hydrogen) atoms. The summed E-state index contributed by atoms with van der Waals surface area (Å²) in [6.45, 7) is 0.463. The number of primary sulfonamides is 1. The van der Waals surface area contributed by atoms with Crippen LogP contribution in [0.3, 0.4) is 0 Å². The Morgan fingerprint density at radius 2 is 2.14 bits per heavy atom. The van der Waals surface area contributed by atoms with E-state index < -0.39 is 15.9 Å². The number of thiazole rings is 1. The molecule has 0 spiro atoms. The fourth-order valence-corrected chi connectivity index (χ4v) is 2.95. The third-order valence-corrected chi connectivity index (χ3v) is 4.38. The van der Waals surface area contributed by atoms with Crippen molar-refractivity contribution in [2.75, 3.05) is 11.9 Å². The van der Waals surface area contributed by atoms with Crippen molar-refractivity contribution in [2.24, 2.45) is 10.9 Å². The Balaban J connectivity index is 2.15. The van der Waals surface area contributed by atoms with Gasteiger partial charge in [0.2, 0.25) is 10.0 Å². The molecule has 112 valence electrons. The zero-order chi connectivity index (χ0) is 15.5. The number of amides is 1. The van der Waals surface area contributed by atoms with Gasteiger partial charge in [-0.3, -0.25) is 4.79 Å². The first-order chi connectivity index (χ1) is 9.90. The minimum atomic E-state index is -3.81. The molecule has 9 heteroatoms. The minimum Gasteiger partial charge on any atom is -0.330 e. The van der Waals surface area contributed by atoms with Crippen molar-refractivity contribution in [1.29, 1.82) is 0 Å². The largest absolute Gasteiger partial charge is 0.330 e. The fraction of sp³-hybridized carbons (Fsp3) is 0.167. The van der Waals surface area contributed by atoms with Crippen LogP contribution in [0.2, 0.25) is 0 Å². The monoisotopic (exact) mass is 326 g/mol. The number of rotatable bonds is 5. The summed E-state index contributed by atoms with van der Waals surface area (Å²) < 4.78 is 22.5. The first-order valence-corrected chi connectivity index (χ1v) is 8.41. The molecule has 0 fully saturated rings.